The van der Waals surface area contributed by atoms with Crippen molar-refractivity contribution in [3.8, 4) is 23.0 Å². The molecule has 0 fully saturated rings. The summed E-state index contributed by atoms with van der Waals surface area (Å²) < 4.78 is 22.0. The fraction of sp³-hybridized carbons (Fsp3) is 0.412. The summed E-state index contributed by atoms with van der Waals surface area (Å²) in [6, 6.07) is 24.2. The quantitative estimate of drug-likeness (QED) is 0.163. The Morgan fingerprint density at radius 2 is 1.00 bits per heavy atom. The smallest absolute Gasteiger partial charge is 0.127 e. The van der Waals surface area contributed by atoms with E-state index < -0.39 is 12.2 Å². The van der Waals surface area contributed by atoms with Crippen LogP contribution in [0.2, 0.25) is 0 Å². The minimum Gasteiger partial charge on any atom is -0.497 e. The van der Waals surface area contributed by atoms with E-state index in [-0.39, 0.29) is 13.2 Å². The van der Waals surface area contributed by atoms with Crippen molar-refractivity contribution in [2.75, 3.05) is 40.5 Å². The molecule has 4 N–H and O–H groups in total. The molecule has 8 nitrogen and oxygen atoms in total. The normalized spacial score (nSPS) is 12.6. The molecule has 0 heterocycles. The number of hydrogen-bond acceptors (Lipinski definition) is 8. The second-order valence-electron chi connectivity index (χ2n) is 10.7. The van der Waals surface area contributed by atoms with Crippen LogP contribution in [0.5, 0.6) is 23.0 Å². The Kier molecular flexibility index (Phi) is 13.2. The first-order chi connectivity index (χ1) is 20.2. The number of aliphatic hydroxyl groups excluding tert-OH is 2. The van der Waals surface area contributed by atoms with Crippen molar-refractivity contribution in [1.29, 1.82) is 0 Å². The van der Waals surface area contributed by atoms with Crippen molar-refractivity contribution in [3.63, 3.8) is 0 Å². The van der Waals surface area contributed by atoms with Gasteiger partial charge in [-0.2, -0.15) is 0 Å². The van der Waals surface area contributed by atoms with Gasteiger partial charge in [0, 0.05) is 35.9 Å². The summed E-state index contributed by atoms with van der Waals surface area (Å²) in [5, 5.41) is 30.4. The van der Waals surface area contributed by atoms with Gasteiger partial charge in [0.15, 0.2) is 0 Å². The molecule has 2 unspecified atom stereocenters. The Balaban J connectivity index is 0.000000230. The van der Waals surface area contributed by atoms with Crippen molar-refractivity contribution in [2.45, 2.75) is 52.0 Å². The van der Waals surface area contributed by atoms with Gasteiger partial charge < -0.3 is 39.8 Å². The molecule has 0 amide bonds. The third-order valence-corrected chi connectivity index (χ3v) is 6.48. The van der Waals surface area contributed by atoms with Crippen LogP contribution >= 0.6 is 0 Å². The molecule has 4 aromatic carbocycles. The van der Waals surface area contributed by atoms with Crippen LogP contribution in [0.1, 0.15) is 27.7 Å². The topological polar surface area (TPSA) is 101 Å². The third kappa shape index (κ3) is 10.4. The Morgan fingerprint density at radius 1 is 0.595 bits per heavy atom. The van der Waals surface area contributed by atoms with E-state index in [4.69, 9.17) is 18.9 Å². The molecule has 4 aromatic rings. The molecule has 0 radical (unpaired) electrons. The molecule has 228 valence electrons. The zero-order chi connectivity index (χ0) is 30.5. The van der Waals surface area contributed by atoms with E-state index in [9.17, 15) is 10.2 Å². The van der Waals surface area contributed by atoms with Crippen molar-refractivity contribution in [3.05, 3.63) is 72.8 Å². The zero-order valence-electron chi connectivity index (χ0n) is 25.6. The number of nitrogens with one attached hydrogen (secondary N) is 2. The number of benzene rings is 4. The molecule has 0 saturated heterocycles. The van der Waals surface area contributed by atoms with E-state index in [0.29, 0.717) is 25.2 Å². The molecule has 8 heteroatoms. The lowest BCUT2D eigenvalue weighted by Gasteiger charge is -2.16. The molecular weight excluding hydrogens is 532 g/mol. The highest BCUT2D eigenvalue weighted by Crippen LogP contribution is 2.30. The Labute approximate surface area is 249 Å². The number of hydrogen-bond donors (Lipinski definition) is 4. The van der Waals surface area contributed by atoms with Gasteiger partial charge in [0.1, 0.15) is 48.4 Å². The van der Waals surface area contributed by atoms with Crippen LogP contribution in [0.15, 0.2) is 72.8 Å². The molecule has 42 heavy (non-hydrogen) atoms. The summed E-state index contributed by atoms with van der Waals surface area (Å²) >= 11 is 0. The SMILES string of the molecule is COc1ccc2cccc(OCC(O)CNC(C)C)c2c1.COc1ccc2cccc(OCC(O)CNC(C)C)c2c1. The van der Waals surface area contributed by atoms with Gasteiger partial charge in [-0.15, -0.1) is 0 Å². The van der Waals surface area contributed by atoms with E-state index in [2.05, 4.69) is 10.6 Å². The fourth-order valence-corrected chi connectivity index (χ4v) is 4.19. The zero-order valence-corrected chi connectivity index (χ0v) is 25.6. The van der Waals surface area contributed by atoms with Crippen molar-refractivity contribution < 1.29 is 29.2 Å². The van der Waals surface area contributed by atoms with Gasteiger partial charge in [-0.25, -0.2) is 0 Å². The maximum absolute atomic E-state index is 9.92. The Hall–Kier alpha value is -3.56. The van der Waals surface area contributed by atoms with E-state index in [0.717, 1.165) is 44.5 Å². The standard InChI is InChI=1S/2C17H23NO3/c2*1-12(2)18-10-14(19)11-21-17-6-4-5-13-7-8-15(20-3)9-16(13)17/h2*4-9,12,14,18-19H,10-11H2,1-3H3. The van der Waals surface area contributed by atoms with Gasteiger partial charge in [-0.05, 0) is 47.2 Å². The van der Waals surface area contributed by atoms with Crippen LogP contribution < -0.4 is 29.6 Å². The lowest BCUT2D eigenvalue weighted by atomic mass is 10.1. The number of fused-ring (bicyclic) bond motifs is 2. The summed E-state index contributed by atoms with van der Waals surface area (Å²) in [6.45, 7) is 9.74. The Bertz CT molecular complexity index is 1270. The molecular formula is C34H46N2O6. The number of ether oxygens (including phenoxy) is 4. The maximum atomic E-state index is 9.92. The first kappa shape index (κ1) is 32.9. The van der Waals surface area contributed by atoms with E-state index in [1.807, 2.05) is 100 Å². The summed E-state index contributed by atoms with van der Waals surface area (Å²) in [5.41, 5.74) is 0. The Morgan fingerprint density at radius 3 is 1.36 bits per heavy atom. The molecule has 0 bridgehead atoms. The molecule has 2 atom stereocenters. The number of rotatable bonds is 14. The van der Waals surface area contributed by atoms with Gasteiger partial charge >= 0.3 is 0 Å². The summed E-state index contributed by atoms with van der Waals surface area (Å²) in [5.74, 6) is 3.10. The minimum atomic E-state index is -0.534. The third-order valence-electron chi connectivity index (χ3n) is 6.48. The minimum absolute atomic E-state index is 0.260. The van der Waals surface area contributed by atoms with Gasteiger partial charge in [-0.1, -0.05) is 64.1 Å². The number of methoxy groups -OCH3 is 2. The van der Waals surface area contributed by atoms with Gasteiger partial charge in [-0.3, -0.25) is 0 Å². The average Bonchev–Trinajstić information content (AvgIpc) is 3.00. The molecule has 0 aliphatic rings. The van der Waals surface area contributed by atoms with Crippen molar-refractivity contribution in [1.82, 2.24) is 10.6 Å². The monoisotopic (exact) mass is 578 g/mol. The maximum Gasteiger partial charge on any atom is 0.127 e. The van der Waals surface area contributed by atoms with Crippen LogP contribution in [0, 0.1) is 0 Å². The molecule has 0 aliphatic heterocycles. The summed E-state index contributed by atoms with van der Waals surface area (Å²) in [4.78, 5) is 0. The molecule has 0 aromatic heterocycles. The second kappa shape index (κ2) is 16.8. The van der Waals surface area contributed by atoms with Gasteiger partial charge in [0.2, 0.25) is 0 Å². The molecule has 0 saturated carbocycles. The molecule has 0 aliphatic carbocycles. The summed E-state index contributed by atoms with van der Waals surface area (Å²) in [7, 11) is 3.29. The lowest BCUT2D eigenvalue weighted by molar-refractivity contribution is 0.105. The number of aliphatic hydroxyl groups is 2. The predicted octanol–water partition coefficient (Wildman–Crippen LogP) is 5.17. The molecule has 0 spiro atoms. The van der Waals surface area contributed by atoms with Crippen molar-refractivity contribution >= 4 is 21.5 Å². The van der Waals surface area contributed by atoms with Crippen LogP contribution in [0.3, 0.4) is 0 Å². The fourth-order valence-electron chi connectivity index (χ4n) is 4.19. The predicted molar refractivity (Wildman–Crippen MR) is 170 cm³/mol. The highest BCUT2D eigenvalue weighted by molar-refractivity contribution is 5.90. The molecule has 4 rings (SSSR count). The van der Waals surface area contributed by atoms with Crippen LogP contribution in [0.25, 0.3) is 21.5 Å². The van der Waals surface area contributed by atoms with E-state index in [1.54, 1.807) is 14.2 Å². The first-order valence-corrected chi connectivity index (χ1v) is 14.4. The first-order valence-electron chi connectivity index (χ1n) is 14.4. The van der Waals surface area contributed by atoms with Gasteiger partial charge in [0.05, 0.1) is 14.2 Å². The van der Waals surface area contributed by atoms with Crippen LogP contribution in [-0.2, 0) is 0 Å². The van der Waals surface area contributed by atoms with E-state index >= 15 is 0 Å². The van der Waals surface area contributed by atoms with Crippen LogP contribution in [-0.4, -0.2) is 75.0 Å². The van der Waals surface area contributed by atoms with Crippen molar-refractivity contribution in [2.24, 2.45) is 0 Å². The van der Waals surface area contributed by atoms with E-state index in [1.165, 1.54) is 0 Å². The lowest BCUT2D eigenvalue weighted by Crippen LogP contribution is -2.35. The van der Waals surface area contributed by atoms with Crippen LogP contribution in [0.4, 0.5) is 0 Å². The second-order valence-corrected chi connectivity index (χ2v) is 10.7. The average molecular weight is 579 g/mol. The highest BCUT2D eigenvalue weighted by atomic mass is 16.5. The van der Waals surface area contributed by atoms with Gasteiger partial charge in [0.25, 0.3) is 0 Å². The largest absolute Gasteiger partial charge is 0.497 e. The summed E-state index contributed by atoms with van der Waals surface area (Å²) in [6.07, 6.45) is -1.07. The highest BCUT2D eigenvalue weighted by Gasteiger charge is 2.10.